The van der Waals surface area contributed by atoms with E-state index in [1.807, 2.05) is 13.8 Å². The molecule has 7 heteroatoms. The summed E-state index contributed by atoms with van der Waals surface area (Å²) in [6.45, 7) is 3.85. The number of aryl methyl sites for hydroxylation is 2. The van der Waals surface area contributed by atoms with Gasteiger partial charge in [0.1, 0.15) is 0 Å². The van der Waals surface area contributed by atoms with Crippen LogP contribution in [0, 0.1) is 31.6 Å². The Morgan fingerprint density at radius 3 is 2.62 bits per heavy atom. The van der Waals surface area contributed by atoms with Crippen molar-refractivity contribution in [2.75, 3.05) is 5.32 Å². The van der Waals surface area contributed by atoms with E-state index in [0.29, 0.717) is 11.0 Å². The van der Waals surface area contributed by atoms with E-state index in [9.17, 15) is 14.7 Å². The van der Waals surface area contributed by atoms with Crippen molar-refractivity contribution in [3.63, 3.8) is 0 Å². The number of urea groups is 1. The van der Waals surface area contributed by atoms with Gasteiger partial charge in [0.05, 0.1) is 11.6 Å². The zero-order valence-electron chi connectivity index (χ0n) is 12.0. The summed E-state index contributed by atoms with van der Waals surface area (Å²) in [4.78, 5) is 28.8. The van der Waals surface area contributed by atoms with Crippen molar-refractivity contribution in [2.24, 2.45) is 17.8 Å². The lowest BCUT2D eigenvalue weighted by Gasteiger charge is -2.28. The van der Waals surface area contributed by atoms with Crippen molar-refractivity contribution in [1.82, 2.24) is 10.3 Å². The molecule has 0 aliphatic heterocycles. The van der Waals surface area contributed by atoms with Gasteiger partial charge < -0.3 is 10.4 Å². The van der Waals surface area contributed by atoms with E-state index >= 15 is 0 Å². The molecule has 2 bridgehead atoms. The van der Waals surface area contributed by atoms with Gasteiger partial charge in [-0.15, -0.1) is 11.3 Å². The smallest absolute Gasteiger partial charge is 0.321 e. The molecule has 2 aliphatic rings. The maximum Gasteiger partial charge on any atom is 0.321 e. The van der Waals surface area contributed by atoms with E-state index in [2.05, 4.69) is 15.6 Å². The number of carboxylic acids is 1. The Hall–Kier alpha value is -1.63. The van der Waals surface area contributed by atoms with Gasteiger partial charge in [-0.1, -0.05) is 0 Å². The molecule has 2 amide bonds. The van der Waals surface area contributed by atoms with Gasteiger partial charge in [-0.3, -0.25) is 10.1 Å². The lowest BCUT2D eigenvalue weighted by Crippen LogP contribution is -2.48. The fourth-order valence-corrected chi connectivity index (χ4v) is 4.47. The van der Waals surface area contributed by atoms with Crippen LogP contribution in [0.25, 0.3) is 0 Å². The van der Waals surface area contributed by atoms with Gasteiger partial charge in [0.25, 0.3) is 0 Å². The van der Waals surface area contributed by atoms with Crippen molar-refractivity contribution in [3.8, 4) is 0 Å². The highest BCUT2D eigenvalue weighted by Gasteiger charge is 2.51. The number of rotatable bonds is 3. The number of aliphatic carboxylic acids is 1. The molecule has 0 radical (unpaired) electrons. The van der Waals surface area contributed by atoms with E-state index < -0.39 is 11.9 Å². The summed E-state index contributed by atoms with van der Waals surface area (Å²) in [5.41, 5.74) is 0.902. The first-order valence-corrected chi connectivity index (χ1v) is 8.01. The number of hydrogen-bond acceptors (Lipinski definition) is 4. The van der Waals surface area contributed by atoms with E-state index in [-0.39, 0.29) is 18.0 Å². The Labute approximate surface area is 127 Å². The molecule has 1 aromatic heterocycles. The summed E-state index contributed by atoms with van der Waals surface area (Å²) in [5.74, 6) is -0.744. The summed E-state index contributed by atoms with van der Waals surface area (Å²) in [5, 5.41) is 15.5. The molecule has 114 valence electrons. The van der Waals surface area contributed by atoms with Crippen LogP contribution in [0.2, 0.25) is 0 Å². The lowest BCUT2D eigenvalue weighted by molar-refractivity contribution is -0.144. The van der Waals surface area contributed by atoms with Crippen molar-refractivity contribution < 1.29 is 14.7 Å². The van der Waals surface area contributed by atoms with Crippen LogP contribution < -0.4 is 10.6 Å². The van der Waals surface area contributed by atoms with Crippen LogP contribution in [0.4, 0.5) is 9.93 Å². The second kappa shape index (κ2) is 5.29. The standard InChI is InChI=1S/C14H19N3O3S/c1-6-7(2)21-14(15-6)17-13(20)16-11-9-4-3-8(5-9)10(11)12(18)19/h8-11H,3-5H2,1-2H3,(H,18,19)(H2,15,16,17,20). The Bertz CT molecular complexity index is 567. The number of anilines is 1. The van der Waals surface area contributed by atoms with Gasteiger partial charge in [-0.05, 0) is 44.9 Å². The lowest BCUT2D eigenvalue weighted by atomic mass is 9.84. The van der Waals surface area contributed by atoms with Gasteiger partial charge >= 0.3 is 12.0 Å². The van der Waals surface area contributed by atoms with Crippen LogP contribution in [0.3, 0.4) is 0 Å². The van der Waals surface area contributed by atoms with Crippen LogP contribution in [-0.4, -0.2) is 28.1 Å². The molecule has 3 rings (SSSR count). The minimum Gasteiger partial charge on any atom is -0.481 e. The Morgan fingerprint density at radius 2 is 2.00 bits per heavy atom. The van der Waals surface area contributed by atoms with Gasteiger partial charge in [0.2, 0.25) is 0 Å². The first-order valence-electron chi connectivity index (χ1n) is 7.20. The molecule has 2 fully saturated rings. The van der Waals surface area contributed by atoms with Gasteiger partial charge in [-0.25, -0.2) is 9.78 Å². The molecular weight excluding hydrogens is 290 g/mol. The number of fused-ring (bicyclic) bond motifs is 2. The summed E-state index contributed by atoms with van der Waals surface area (Å²) in [6.07, 6.45) is 2.89. The third kappa shape index (κ3) is 2.62. The number of aromatic nitrogens is 1. The van der Waals surface area contributed by atoms with Crippen LogP contribution >= 0.6 is 11.3 Å². The predicted molar refractivity (Wildman–Crippen MR) is 79.5 cm³/mol. The molecule has 4 unspecified atom stereocenters. The number of nitrogens with one attached hydrogen (secondary N) is 2. The monoisotopic (exact) mass is 309 g/mol. The largest absolute Gasteiger partial charge is 0.481 e. The van der Waals surface area contributed by atoms with E-state index in [1.54, 1.807) is 0 Å². The van der Waals surface area contributed by atoms with Crippen LogP contribution in [0.15, 0.2) is 0 Å². The molecule has 4 atom stereocenters. The zero-order valence-corrected chi connectivity index (χ0v) is 12.9. The Balaban J connectivity index is 1.65. The molecule has 0 aromatic carbocycles. The number of carbonyl (C=O) groups is 2. The molecule has 2 aliphatic carbocycles. The highest BCUT2D eigenvalue weighted by Crippen LogP contribution is 2.48. The SMILES string of the molecule is Cc1nc(NC(=O)NC2C3CCC(C3)C2C(=O)O)sc1C. The summed E-state index contributed by atoms with van der Waals surface area (Å²) in [7, 11) is 0. The normalized spacial score (nSPS) is 30.4. The molecule has 3 N–H and O–H groups in total. The predicted octanol–water partition coefficient (Wildman–Crippen LogP) is 2.38. The molecule has 1 aromatic rings. The van der Waals surface area contributed by atoms with Gasteiger partial charge in [0.15, 0.2) is 5.13 Å². The Morgan fingerprint density at radius 1 is 1.29 bits per heavy atom. The molecular formula is C14H19N3O3S. The number of carboxylic acid groups (broad SMARTS) is 1. The fraction of sp³-hybridized carbons (Fsp3) is 0.643. The van der Waals surface area contributed by atoms with Gasteiger partial charge in [0, 0.05) is 10.9 Å². The average molecular weight is 309 g/mol. The van der Waals surface area contributed by atoms with Crippen molar-refractivity contribution in [2.45, 2.75) is 39.2 Å². The number of thiazole rings is 1. The summed E-state index contributed by atoms with van der Waals surface area (Å²) in [6, 6.07) is -0.615. The highest BCUT2D eigenvalue weighted by molar-refractivity contribution is 7.15. The molecule has 2 saturated carbocycles. The van der Waals surface area contributed by atoms with Crippen molar-refractivity contribution in [3.05, 3.63) is 10.6 Å². The van der Waals surface area contributed by atoms with Crippen molar-refractivity contribution >= 4 is 28.5 Å². The fourth-order valence-electron chi connectivity index (χ4n) is 3.67. The maximum atomic E-state index is 12.1. The van der Waals surface area contributed by atoms with Crippen LogP contribution in [0.1, 0.15) is 29.8 Å². The summed E-state index contributed by atoms with van der Waals surface area (Å²) >= 11 is 1.42. The zero-order chi connectivity index (χ0) is 15.1. The number of nitrogens with zero attached hydrogens (tertiary/aromatic N) is 1. The highest BCUT2D eigenvalue weighted by atomic mass is 32.1. The molecule has 6 nitrogen and oxygen atoms in total. The van der Waals surface area contributed by atoms with E-state index in [0.717, 1.165) is 29.8 Å². The quantitative estimate of drug-likeness (QED) is 0.799. The average Bonchev–Trinajstić information content (AvgIpc) is 3.05. The topological polar surface area (TPSA) is 91.3 Å². The third-order valence-electron chi connectivity index (χ3n) is 4.75. The molecule has 0 saturated heterocycles. The molecule has 0 spiro atoms. The van der Waals surface area contributed by atoms with Crippen LogP contribution in [0.5, 0.6) is 0 Å². The second-order valence-corrected chi connectivity index (χ2v) is 7.19. The number of carbonyl (C=O) groups excluding carboxylic acids is 1. The van der Waals surface area contributed by atoms with E-state index in [1.165, 1.54) is 11.3 Å². The van der Waals surface area contributed by atoms with E-state index in [4.69, 9.17) is 0 Å². The maximum absolute atomic E-state index is 12.1. The molecule has 21 heavy (non-hydrogen) atoms. The Kier molecular flexibility index (Phi) is 3.61. The molecule has 1 heterocycles. The minimum absolute atomic E-state index is 0.210. The first-order chi connectivity index (χ1) is 9.95. The third-order valence-corrected chi connectivity index (χ3v) is 5.74. The van der Waals surface area contributed by atoms with Gasteiger partial charge in [-0.2, -0.15) is 0 Å². The minimum atomic E-state index is -0.798. The first kappa shape index (κ1) is 14.3. The number of amides is 2. The number of hydrogen-bond donors (Lipinski definition) is 3. The summed E-state index contributed by atoms with van der Waals surface area (Å²) < 4.78 is 0. The van der Waals surface area contributed by atoms with Crippen LogP contribution in [-0.2, 0) is 4.79 Å². The van der Waals surface area contributed by atoms with Crippen molar-refractivity contribution in [1.29, 1.82) is 0 Å². The second-order valence-electron chi connectivity index (χ2n) is 5.98.